The third-order valence-corrected chi connectivity index (χ3v) is 3.75. The van der Waals surface area contributed by atoms with E-state index in [1.807, 2.05) is 37.3 Å². The maximum Gasteiger partial charge on any atom is 0.188 e. The van der Waals surface area contributed by atoms with Crippen molar-refractivity contribution in [1.82, 2.24) is 0 Å². The lowest BCUT2D eigenvalue weighted by Crippen LogP contribution is -2.03. The first-order valence-corrected chi connectivity index (χ1v) is 7.58. The lowest BCUT2D eigenvalue weighted by atomic mass is 10.0. The molecule has 112 valence electrons. The second kappa shape index (κ2) is 7.48. The first-order chi connectivity index (χ1) is 10.1. The fourth-order valence-electron chi connectivity index (χ4n) is 2.16. The van der Waals surface area contributed by atoms with Gasteiger partial charge >= 0.3 is 0 Å². The Hall–Kier alpha value is -1.52. The number of aromatic hydroxyl groups is 1. The third-order valence-electron chi connectivity index (χ3n) is 3.26. The van der Waals surface area contributed by atoms with Crippen molar-refractivity contribution >= 4 is 15.9 Å². The van der Waals surface area contributed by atoms with Gasteiger partial charge in [-0.15, -0.1) is 0 Å². The molecule has 1 N–H and O–H groups in total. The topological polar surface area (TPSA) is 38.7 Å². The second-order valence-corrected chi connectivity index (χ2v) is 5.85. The van der Waals surface area contributed by atoms with Gasteiger partial charge in [-0.1, -0.05) is 28.1 Å². The lowest BCUT2D eigenvalue weighted by Gasteiger charge is -2.12. The monoisotopic (exact) mass is 350 g/mol. The van der Waals surface area contributed by atoms with Crippen molar-refractivity contribution in [3.05, 3.63) is 57.6 Å². The lowest BCUT2D eigenvalue weighted by molar-refractivity contribution is 0.0504. The van der Waals surface area contributed by atoms with E-state index in [1.54, 1.807) is 13.2 Å². The summed E-state index contributed by atoms with van der Waals surface area (Å²) >= 11 is 3.48. The van der Waals surface area contributed by atoms with Crippen LogP contribution in [-0.2, 0) is 17.6 Å². The number of ether oxygens (including phenoxy) is 2. The summed E-state index contributed by atoms with van der Waals surface area (Å²) in [5.41, 5.74) is 3.09. The van der Waals surface area contributed by atoms with Gasteiger partial charge < -0.3 is 14.6 Å². The summed E-state index contributed by atoms with van der Waals surface area (Å²) in [7, 11) is 1.60. The minimum Gasteiger partial charge on any atom is -0.508 e. The van der Waals surface area contributed by atoms with Crippen LogP contribution in [0.3, 0.4) is 0 Å². The molecule has 0 heterocycles. The number of hydrogen-bond acceptors (Lipinski definition) is 3. The van der Waals surface area contributed by atoms with Crippen molar-refractivity contribution in [3.8, 4) is 11.5 Å². The molecule has 0 aliphatic rings. The molecule has 0 aromatic heterocycles. The number of hydrogen-bond donors (Lipinski definition) is 1. The van der Waals surface area contributed by atoms with Crippen LogP contribution in [0.15, 0.2) is 40.9 Å². The summed E-state index contributed by atoms with van der Waals surface area (Å²) in [4.78, 5) is 0. The van der Waals surface area contributed by atoms with Crippen LogP contribution in [0.5, 0.6) is 11.5 Å². The molecule has 3 nitrogen and oxygen atoms in total. The number of phenolic OH excluding ortho intramolecular Hbond substituents is 1. The van der Waals surface area contributed by atoms with Gasteiger partial charge in [0.1, 0.15) is 11.5 Å². The van der Waals surface area contributed by atoms with Gasteiger partial charge in [0.2, 0.25) is 0 Å². The molecule has 0 bridgehead atoms. The molecule has 2 aromatic carbocycles. The minimum absolute atomic E-state index is 0.227. The van der Waals surface area contributed by atoms with Crippen LogP contribution in [0.2, 0.25) is 0 Å². The summed E-state index contributed by atoms with van der Waals surface area (Å²) in [5, 5.41) is 9.97. The molecule has 0 saturated carbocycles. The normalized spacial score (nSPS) is 10.6. The molecule has 2 rings (SSSR count). The first-order valence-electron chi connectivity index (χ1n) is 6.79. The third kappa shape index (κ3) is 4.48. The van der Waals surface area contributed by atoms with Gasteiger partial charge in [0, 0.05) is 11.6 Å². The second-order valence-electron chi connectivity index (χ2n) is 4.94. The Morgan fingerprint density at radius 2 is 1.81 bits per heavy atom. The molecule has 0 spiro atoms. The van der Waals surface area contributed by atoms with Gasteiger partial charge in [-0.25, -0.2) is 0 Å². The van der Waals surface area contributed by atoms with E-state index >= 15 is 0 Å². The molecule has 0 aliphatic heterocycles. The molecular formula is C17H19BrO3. The van der Waals surface area contributed by atoms with E-state index in [4.69, 9.17) is 9.47 Å². The predicted octanol–water partition coefficient (Wildman–Crippen LogP) is 4.23. The molecule has 0 amide bonds. The fourth-order valence-corrected chi connectivity index (χ4v) is 2.57. The summed E-state index contributed by atoms with van der Waals surface area (Å²) in [6.07, 6.45) is 1.54. The zero-order valence-electron chi connectivity index (χ0n) is 12.2. The maximum absolute atomic E-state index is 9.97. The Kier molecular flexibility index (Phi) is 5.65. The molecule has 0 fully saturated rings. The number of aryl methyl sites for hydroxylation is 3. The summed E-state index contributed by atoms with van der Waals surface area (Å²) in [5.74, 6) is 1.16. The molecule has 4 heteroatoms. The Balaban J connectivity index is 2.12. The van der Waals surface area contributed by atoms with Gasteiger partial charge in [-0.3, -0.25) is 0 Å². The van der Waals surface area contributed by atoms with E-state index in [2.05, 4.69) is 15.9 Å². The SMILES string of the molecule is COCOc1ccc(Br)cc1CCc1ccc(C)cc1O. The van der Waals surface area contributed by atoms with Crippen molar-refractivity contribution in [2.24, 2.45) is 0 Å². The highest BCUT2D eigenvalue weighted by atomic mass is 79.9. The highest BCUT2D eigenvalue weighted by Gasteiger charge is 2.07. The van der Waals surface area contributed by atoms with Gasteiger partial charge in [0.15, 0.2) is 6.79 Å². The number of rotatable bonds is 6. The number of methoxy groups -OCH3 is 1. The Morgan fingerprint density at radius 1 is 1.05 bits per heavy atom. The standard InChI is InChI=1S/C17H19BrO3/c1-12-3-4-13(16(19)9-12)5-6-14-10-15(18)7-8-17(14)21-11-20-2/h3-4,7-10,19H,5-6,11H2,1-2H3. The van der Waals surface area contributed by atoms with Gasteiger partial charge in [0.05, 0.1) is 0 Å². The van der Waals surface area contributed by atoms with Crippen molar-refractivity contribution < 1.29 is 14.6 Å². The quantitative estimate of drug-likeness (QED) is 0.792. The van der Waals surface area contributed by atoms with Gasteiger partial charge in [-0.05, 0) is 60.7 Å². The summed E-state index contributed by atoms with van der Waals surface area (Å²) < 4.78 is 11.5. The van der Waals surface area contributed by atoms with E-state index in [-0.39, 0.29) is 6.79 Å². The first kappa shape index (κ1) is 15.9. The summed E-state index contributed by atoms with van der Waals surface area (Å²) in [6.45, 7) is 2.19. The van der Waals surface area contributed by atoms with E-state index in [1.165, 1.54) is 0 Å². The van der Waals surface area contributed by atoms with Crippen LogP contribution in [0.4, 0.5) is 0 Å². The van der Waals surface area contributed by atoms with E-state index < -0.39 is 0 Å². The molecule has 0 aliphatic carbocycles. The van der Waals surface area contributed by atoms with Crippen molar-refractivity contribution in [1.29, 1.82) is 0 Å². The Bertz CT molecular complexity index is 611. The number of phenols is 1. The zero-order chi connectivity index (χ0) is 15.2. The predicted molar refractivity (Wildman–Crippen MR) is 86.9 cm³/mol. The molecular weight excluding hydrogens is 332 g/mol. The van der Waals surface area contributed by atoms with Crippen LogP contribution in [-0.4, -0.2) is 19.0 Å². The average molecular weight is 351 g/mol. The van der Waals surface area contributed by atoms with Crippen LogP contribution in [0.25, 0.3) is 0 Å². The van der Waals surface area contributed by atoms with E-state index in [0.29, 0.717) is 5.75 Å². The molecule has 0 saturated heterocycles. The summed E-state index contributed by atoms with van der Waals surface area (Å²) in [6, 6.07) is 11.7. The van der Waals surface area contributed by atoms with Crippen LogP contribution >= 0.6 is 15.9 Å². The average Bonchev–Trinajstić information content (AvgIpc) is 2.45. The number of benzene rings is 2. The molecule has 0 atom stereocenters. The molecule has 0 radical (unpaired) electrons. The van der Waals surface area contributed by atoms with Crippen LogP contribution < -0.4 is 4.74 Å². The van der Waals surface area contributed by atoms with Crippen molar-refractivity contribution in [2.45, 2.75) is 19.8 Å². The maximum atomic E-state index is 9.97. The zero-order valence-corrected chi connectivity index (χ0v) is 13.8. The Labute approximate surface area is 133 Å². The molecule has 21 heavy (non-hydrogen) atoms. The minimum atomic E-state index is 0.227. The van der Waals surface area contributed by atoms with Crippen molar-refractivity contribution in [3.63, 3.8) is 0 Å². The van der Waals surface area contributed by atoms with Gasteiger partial charge in [0.25, 0.3) is 0 Å². The van der Waals surface area contributed by atoms with Crippen LogP contribution in [0.1, 0.15) is 16.7 Å². The largest absolute Gasteiger partial charge is 0.508 e. The van der Waals surface area contributed by atoms with E-state index in [0.717, 1.165) is 39.8 Å². The van der Waals surface area contributed by atoms with E-state index in [9.17, 15) is 5.11 Å². The Morgan fingerprint density at radius 3 is 2.52 bits per heavy atom. The highest BCUT2D eigenvalue weighted by Crippen LogP contribution is 2.26. The van der Waals surface area contributed by atoms with Gasteiger partial charge in [-0.2, -0.15) is 0 Å². The fraction of sp³-hybridized carbons (Fsp3) is 0.294. The van der Waals surface area contributed by atoms with Crippen molar-refractivity contribution in [2.75, 3.05) is 13.9 Å². The van der Waals surface area contributed by atoms with Crippen LogP contribution in [0, 0.1) is 6.92 Å². The highest BCUT2D eigenvalue weighted by molar-refractivity contribution is 9.10. The molecule has 2 aromatic rings. The molecule has 0 unspecified atom stereocenters. The number of halogens is 1. The smallest absolute Gasteiger partial charge is 0.188 e.